The van der Waals surface area contributed by atoms with Crippen molar-refractivity contribution in [3.63, 3.8) is 0 Å². The molecule has 4 N–H and O–H groups in total. The van der Waals surface area contributed by atoms with Crippen molar-refractivity contribution in [2.24, 2.45) is 0 Å². The number of rotatable bonds is 3. The highest BCUT2D eigenvalue weighted by Crippen LogP contribution is 2.26. The van der Waals surface area contributed by atoms with Gasteiger partial charge in [-0.15, -0.1) is 0 Å². The van der Waals surface area contributed by atoms with E-state index in [1.54, 1.807) is 18.2 Å². The lowest BCUT2D eigenvalue weighted by molar-refractivity contribution is 0.103. The Balaban J connectivity index is 1.79. The highest BCUT2D eigenvalue weighted by atomic mass is 16.4. The van der Waals surface area contributed by atoms with Gasteiger partial charge in [0, 0.05) is 16.3 Å². The maximum absolute atomic E-state index is 12.8. The zero-order chi connectivity index (χ0) is 17.6. The van der Waals surface area contributed by atoms with Gasteiger partial charge in [-0.25, -0.2) is 4.79 Å². The minimum absolute atomic E-state index is 0.173. The SMILES string of the molecule is Cc1cccc2[nH]c(C(=O)c3cc4cccc(NC(=O)O)c4[nH]3)cc12. The fraction of sp³-hybridized carbons (Fsp3) is 0.0526. The summed E-state index contributed by atoms with van der Waals surface area (Å²) in [5.41, 5.74) is 3.89. The molecule has 0 fully saturated rings. The van der Waals surface area contributed by atoms with E-state index in [0.29, 0.717) is 22.6 Å². The number of H-pyrrole nitrogens is 2. The molecule has 6 nitrogen and oxygen atoms in total. The number of ketones is 1. The van der Waals surface area contributed by atoms with Crippen molar-refractivity contribution in [1.29, 1.82) is 0 Å². The van der Waals surface area contributed by atoms with Crippen molar-refractivity contribution in [3.8, 4) is 0 Å². The number of nitrogens with one attached hydrogen (secondary N) is 3. The summed E-state index contributed by atoms with van der Waals surface area (Å²) in [6.07, 6.45) is -1.15. The van der Waals surface area contributed by atoms with E-state index in [0.717, 1.165) is 21.9 Å². The minimum Gasteiger partial charge on any atom is -0.465 e. The van der Waals surface area contributed by atoms with Gasteiger partial charge in [-0.1, -0.05) is 24.3 Å². The topological polar surface area (TPSA) is 98.0 Å². The van der Waals surface area contributed by atoms with Crippen molar-refractivity contribution in [2.45, 2.75) is 6.92 Å². The summed E-state index contributed by atoms with van der Waals surface area (Å²) < 4.78 is 0. The molecule has 0 atom stereocenters. The molecule has 0 radical (unpaired) electrons. The molecule has 0 unspecified atom stereocenters. The number of benzene rings is 2. The van der Waals surface area contributed by atoms with Crippen molar-refractivity contribution >= 4 is 39.4 Å². The quantitative estimate of drug-likeness (QED) is 0.421. The number of anilines is 1. The number of aromatic amines is 2. The molecule has 1 amide bonds. The number of amides is 1. The number of hydrogen-bond donors (Lipinski definition) is 4. The Hall–Kier alpha value is -3.54. The molecule has 2 heterocycles. The fourth-order valence-electron chi connectivity index (χ4n) is 3.07. The Morgan fingerprint density at radius 2 is 1.76 bits per heavy atom. The first kappa shape index (κ1) is 15.0. The fourth-order valence-corrected chi connectivity index (χ4v) is 3.07. The monoisotopic (exact) mass is 333 g/mol. The van der Waals surface area contributed by atoms with Gasteiger partial charge in [-0.3, -0.25) is 10.1 Å². The molecular weight excluding hydrogens is 318 g/mol. The van der Waals surface area contributed by atoms with E-state index in [1.807, 2.05) is 37.3 Å². The molecule has 4 aromatic rings. The van der Waals surface area contributed by atoms with Gasteiger partial charge < -0.3 is 15.1 Å². The first-order valence-electron chi connectivity index (χ1n) is 7.77. The average molecular weight is 333 g/mol. The van der Waals surface area contributed by atoms with Crippen LogP contribution in [0.3, 0.4) is 0 Å². The molecule has 0 aliphatic rings. The highest BCUT2D eigenvalue weighted by Gasteiger charge is 2.16. The Morgan fingerprint density at radius 1 is 1.00 bits per heavy atom. The van der Waals surface area contributed by atoms with E-state index in [4.69, 9.17) is 5.11 Å². The Bertz CT molecular complexity index is 1140. The van der Waals surface area contributed by atoms with Crippen LogP contribution >= 0.6 is 0 Å². The third-order valence-electron chi connectivity index (χ3n) is 4.27. The van der Waals surface area contributed by atoms with Crippen molar-refractivity contribution in [3.05, 3.63) is 65.5 Å². The van der Waals surface area contributed by atoms with E-state index in [9.17, 15) is 9.59 Å². The molecule has 6 heteroatoms. The normalized spacial score (nSPS) is 11.1. The summed E-state index contributed by atoms with van der Waals surface area (Å²) >= 11 is 0. The number of para-hydroxylation sites is 1. The second-order valence-electron chi connectivity index (χ2n) is 5.93. The molecule has 25 heavy (non-hydrogen) atoms. The molecule has 2 aromatic carbocycles. The number of carbonyl (C=O) groups excluding carboxylic acids is 1. The molecule has 0 bridgehead atoms. The van der Waals surface area contributed by atoms with Crippen LogP contribution in [0.2, 0.25) is 0 Å². The number of fused-ring (bicyclic) bond motifs is 2. The van der Waals surface area contributed by atoms with E-state index in [-0.39, 0.29) is 5.78 Å². The second-order valence-corrected chi connectivity index (χ2v) is 5.93. The van der Waals surface area contributed by atoms with Crippen LogP contribution in [-0.4, -0.2) is 27.0 Å². The van der Waals surface area contributed by atoms with Crippen molar-refractivity contribution < 1.29 is 14.7 Å². The predicted octanol–water partition coefficient (Wildman–Crippen LogP) is 4.28. The van der Waals surface area contributed by atoms with Crippen LogP contribution in [0.1, 0.15) is 21.7 Å². The van der Waals surface area contributed by atoms with Crippen molar-refractivity contribution in [1.82, 2.24) is 9.97 Å². The minimum atomic E-state index is -1.15. The van der Waals surface area contributed by atoms with Crippen molar-refractivity contribution in [2.75, 3.05) is 5.32 Å². The summed E-state index contributed by atoms with van der Waals surface area (Å²) in [6, 6.07) is 14.6. The summed E-state index contributed by atoms with van der Waals surface area (Å²) in [7, 11) is 0. The zero-order valence-corrected chi connectivity index (χ0v) is 13.4. The third kappa shape index (κ3) is 2.53. The maximum Gasteiger partial charge on any atom is 0.409 e. The highest BCUT2D eigenvalue weighted by molar-refractivity contribution is 6.12. The molecule has 0 saturated carbocycles. The van der Waals surface area contributed by atoms with Gasteiger partial charge in [0.05, 0.1) is 22.6 Å². The second kappa shape index (κ2) is 5.52. The van der Waals surface area contributed by atoms with Gasteiger partial charge in [0.1, 0.15) is 0 Å². The number of aromatic nitrogens is 2. The van der Waals surface area contributed by atoms with Gasteiger partial charge in [-0.2, -0.15) is 0 Å². The van der Waals surface area contributed by atoms with Gasteiger partial charge in [0.25, 0.3) is 0 Å². The van der Waals surface area contributed by atoms with Crippen LogP contribution in [0.15, 0.2) is 48.5 Å². The maximum atomic E-state index is 12.8. The molecule has 0 saturated heterocycles. The first-order valence-corrected chi connectivity index (χ1v) is 7.77. The van der Waals surface area contributed by atoms with Gasteiger partial charge in [0.15, 0.2) is 0 Å². The van der Waals surface area contributed by atoms with Gasteiger partial charge in [0.2, 0.25) is 5.78 Å². The van der Waals surface area contributed by atoms with Crippen LogP contribution in [0.25, 0.3) is 21.8 Å². The number of carboxylic acid groups (broad SMARTS) is 1. The number of hydrogen-bond acceptors (Lipinski definition) is 2. The van der Waals surface area contributed by atoms with Gasteiger partial charge in [-0.05, 0) is 36.8 Å². The van der Waals surface area contributed by atoms with E-state index in [2.05, 4.69) is 15.3 Å². The molecular formula is C19H15N3O3. The molecule has 4 rings (SSSR count). The summed E-state index contributed by atoms with van der Waals surface area (Å²) in [4.78, 5) is 29.9. The predicted molar refractivity (Wildman–Crippen MR) is 96.4 cm³/mol. The molecule has 0 aliphatic carbocycles. The van der Waals surface area contributed by atoms with Crippen LogP contribution in [0.4, 0.5) is 10.5 Å². The van der Waals surface area contributed by atoms with Crippen LogP contribution in [-0.2, 0) is 0 Å². The average Bonchev–Trinajstić information content (AvgIpc) is 3.19. The third-order valence-corrected chi connectivity index (χ3v) is 4.27. The molecule has 0 spiro atoms. The Labute approximate surface area is 142 Å². The van der Waals surface area contributed by atoms with E-state index < -0.39 is 6.09 Å². The van der Waals surface area contributed by atoms with Crippen LogP contribution < -0.4 is 5.32 Å². The lowest BCUT2D eigenvalue weighted by atomic mass is 10.1. The summed E-state index contributed by atoms with van der Waals surface area (Å²) in [5.74, 6) is -0.173. The number of aryl methyl sites for hydroxylation is 1. The summed E-state index contributed by atoms with van der Waals surface area (Å²) in [6.45, 7) is 2.00. The smallest absolute Gasteiger partial charge is 0.409 e. The summed E-state index contributed by atoms with van der Waals surface area (Å²) in [5, 5.41) is 13.0. The Morgan fingerprint density at radius 3 is 2.52 bits per heavy atom. The molecule has 2 aromatic heterocycles. The molecule has 0 aliphatic heterocycles. The zero-order valence-electron chi connectivity index (χ0n) is 13.4. The number of carbonyl (C=O) groups is 2. The van der Waals surface area contributed by atoms with E-state index >= 15 is 0 Å². The lowest BCUT2D eigenvalue weighted by Crippen LogP contribution is -2.07. The lowest BCUT2D eigenvalue weighted by Gasteiger charge is -2.01. The van der Waals surface area contributed by atoms with E-state index in [1.165, 1.54) is 0 Å². The largest absolute Gasteiger partial charge is 0.465 e. The van der Waals surface area contributed by atoms with Gasteiger partial charge >= 0.3 is 6.09 Å². The standard InChI is InChI=1S/C19H15N3O3/c1-10-4-2-6-13-12(10)9-16(20-13)18(23)15-8-11-5-3-7-14(17(11)21-15)22-19(24)25/h2-9,20-22H,1H3,(H,24,25). The van der Waals surface area contributed by atoms with Crippen LogP contribution in [0, 0.1) is 6.92 Å². The molecule has 124 valence electrons. The Kier molecular flexibility index (Phi) is 3.32. The van der Waals surface area contributed by atoms with Crippen LogP contribution in [0.5, 0.6) is 0 Å². The first-order chi connectivity index (χ1) is 12.0.